The lowest BCUT2D eigenvalue weighted by Crippen LogP contribution is -2.43. The molecule has 0 atom stereocenters. The van der Waals surface area contributed by atoms with Crippen molar-refractivity contribution >= 4 is 23.7 Å². The van der Waals surface area contributed by atoms with Crippen LogP contribution in [0.2, 0.25) is 0 Å². The highest BCUT2D eigenvalue weighted by atomic mass is 19.1. The Morgan fingerprint density at radius 3 is 2.62 bits per heavy atom. The highest BCUT2D eigenvalue weighted by Gasteiger charge is 2.19. The molecule has 1 aliphatic heterocycles. The highest BCUT2D eigenvalue weighted by molar-refractivity contribution is 5.85. The molecule has 7 nitrogen and oxygen atoms in total. The van der Waals surface area contributed by atoms with Crippen molar-refractivity contribution in [1.29, 1.82) is 0 Å². The third-order valence-corrected chi connectivity index (χ3v) is 6.27. The van der Waals surface area contributed by atoms with Gasteiger partial charge in [-0.15, -0.1) is 5.10 Å². The van der Waals surface area contributed by atoms with Gasteiger partial charge in [-0.05, 0) is 91.2 Å². The van der Waals surface area contributed by atoms with Crippen molar-refractivity contribution in [3.05, 3.63) is 41.7 Å². The molecular weight excluding hydrogens is 405 g/mol. The highest BCUT2D eigenvalue weighted by Crippen LogP contribution is 2.31. The average Bonchev–Trinajstić information content (AvgIpc) is 3.28. The van der Waals surface area contributed by atoms with Crippen LogP contribution >= 0.6 is 0 Å². The molecule has 1 N–H and O–H groups in total. The molecule has 0 bridgehead atoms. The van der Waals surface area contributed by atoms with Crippen LogP contribution in [0.4, 0.5) is 4.39 Å². The van der Waals surface area contributed by atoms with Crippen molar-refractivity contribution in [2.24, 2.45) is 10.1 Å². The first kappa shape index (κ1) is 22.2. The van der Waals surface area contributed by atoms with Crippen molar-refractivity contribution in [1.82, 2.24) is 24.4 Å². The van der Waals surface area contributed by atoms with Gasteiger partial charge in [0.15, 0.2) is 5.82 Å². The molecule has 0 radical (unpaired) electrons. The minimum Gasteiger partial charge on any atom is -0.350 e. The van der Waals surface area contributed by atoms with E-state index in [4.69, 9.17) is 0 Å². The molecule has 1 saturated heterocycles. The number of benzene rings is 1. The number of aliphatic imine (C=N–C) groups is 1. The van der Waals surface area contributed by atoms with E-state index in [9.17, 15) is 4.39 Å². The number of imidazole rings is 1. The molecule has 2 aromatic heterocycles. The monoisotopic (exact) mass is 437 g/mol. The van der Waals surface area contributed by atoms with Gasteiger partial charge >= 0.3 is 0 Å². The van der Waals surface area contributed by atoms with E-state index >= 15 is 0 Å². The van der Waals surface area contributed by atoms with Gasteiger partial charge in [0.05, 0.1) is 5.52 Å². The van der Waals surface area contributed by atoms with Crippen molar-refractivity contribution < 1.29 is 4.39 Å². The third-order valence-electron chi connectivity index (χ3n) is 6.27. The number of nitrogens with zero attached hydrogens (tertiary/aromatic N) is 6. The molecule has 0 aliphatic carbocycles. The maximum atomic E-state index is 14.9. The molecule has 4 rings (SSSR count). The molecular formula is C24H32FN7. The number of nitrogens with one attached hydrogen (secondary N) is 1. The first-order chi connectivity index (χ1) is 15.3. The number of piperidine rings is 1. The Balaban J connectivity index is 1.66. The Morgan fingerprint density at radius 1 is 1.25 bits per heavy atom. The lowest BCUT2D eigenvalue weighted by molar-refractivity contribution is 0.246. The van der Waals surface area contributed by atoms with Gasteiger partial charge in [-0.1, -0.05) is 0 Å². The van der Waals surface area contributed by atoms with Crippen LogP contribution in [0.5, 0.6) is 0 Å². The van der Waals surface area contributed by atoms with Crippen LogP contribution in [0.3, 0.4) is 0 Å². The van der Waals surface area contributed by atoms with Crippen LogP contribution in [-0.2, 0) is 0 Å². The minimum absolute atomic E-state index is 0.191. The van der Waals surface area contributed by atoms with Crippen molar-refractivity contribution in [3.63, 3.8) is 0 Å². The summed E-state index contributed by atoms with van der Waals surface area (Å²) in [4.78, 5) is 10.8. The van der Waals surface area contributed by atoms with Gasteiger partial charge in [0, 0.05) is 29.5 Å². The van der Waals surface area contributed by atoms with E-state index in [1.807, 2.05) is 32.2 Å². The predicted octanol–water partition coefficient (Wildman–Crippen LogP) is 4.35. The van der Waals surface area contributed by atoms with E-state index in [0.29, 0.717) is 17.5 Å². The smallest absolute Gasteiger partial charge is 0.240 e. The van der Waals surface area contributed by atoms with Crippen LogP contribution < -0.4 is 5.32 Å². The van der Waals surface area contributed by atoms with Gasteiger partial charge < -0.3 is 14.8 Å². The zero-order chi connectivity index (χ0) is 23.0. The zero-order valence-electron chi connectivity index (χ0n) is 19.6. The summed E-state index contributed by atoms with van der Waals surface area (Å²) in [5.41, 5.74) is 3.85. The summed E-state index contributed by atoms with van der Waals surface area (Å²) in [6.45, 7) is 13.8. The molecule has 8 heteroatoms. The maximum absolute atomic E-state index is 14.9. The summed E-state index contributed by atoms with van der Waals surface area (Å²) in [5.74, 6) is 1.000. The van der Waals surface area contributed by atoms with E-state index in [2.05, 4.69) is 57.5 Å². The van der Waals surface area contributed by atoms with E-state index in [1.165, 1.54) is 0 Å². The summed E-state index contributed by atoms with van der Waals surface area (Å²) < 4.78 is 18.8. The number of hydrogen-bond acceptors (Lipinski definition) is 3. The molecule has 32 heavy (non-hydrogen) atoms. The molecule has 170 valence electrons. The lowest BCUT2D eigenvalue weighted by atomic mass is 10.1. The van der Waals surface area contributed by atoms with Crippen LogP contribution in [0.25, 0.3) is 22.2 Å². The zero-order valence-corrected chi connectivity index (χ0v) is 19.6. The number of fused-ring (bicyclic) bond motifs is 1. The Labute approximate surface area is 188 Å². The van der Waals surface area contributed by atoms with Crippen molar-refractivity contribution in [2.75, 3.05) is 20.1 Å². The number of rotatable bonds is 4. The molecule has 3 heterocycles. The Hall–Kier alpha value is -3.00. The van der Waals surface area contributed by atoms with Crippen molar-refractivity contribution in [2.45, 2.75) is 52.6 Å². The summed E-state index contributed by atoms with van der Waals surface area (Å²) in [6.07, 6.45) is 3.96. The second-order valence-corrected chi connectivity index (χ2v) is 8.91. The third kappa shape index (κ3) is 4.19. The second kappa shape index (κ2) is 8.86. The summed E-state index contributed by atoms with van der Waals surface area (Å²) in [5, 5.41) is 8.05. The summed E-state index contributed by atoms with van der Waals surface area (Å²) in [6, 6.07) is 6.05. The number of aromatic nitrogens is 3. The molecule has 3 aromatic rings. The lowest BCUT2D eigenvalue weighted by Gasteiger charge is -2.29. The molecule has 0 unspecified atom stereocenters. The van der Waals surface area contributed by atoms with Gasteiger partial charge in [-0.3, -0.25) is 0 Å². The SMILES string of the molecule is C=N/C(=N\n1ccc(-c2cc(F)c3nc(C)n(C(C)C)c3c2)c1C)NC1CCN(C)CC1. The molecule has 0 saturated carbocycles. The normalized spacial score (nSPS) is 16.3. The van der Waals surface area contributed by atoms with Crippen LogP contribution in [0.1, 0.15) is 44.2 Å². The Bertz CT molecular complexity index is 1160. The standard InChI is InChI=1S/C24H32FN7/c1-15(2)32-17(4)27-23-21(25)13-18(14-22(23)32)20-9-12-31(16(20)3)29-24(26-5)28-19-7-10-30(6)11-8-19/h9,12-15,19H,5,7-8,10-11H2,1-4,6H3,(H,28,29). The first-order valence-corrected chi connectivity index (χ1v) is 11.2. The predicted molar refractivity (Wildman–Crippen MR) is 129 cm³/mol. The molecule has 1 fully saturated rings. The number of hydrogen-bond donors (Lipinski definition) is 1. The van der Waals surface area contributed by atoms with Crippen LogP contribution in [0, 0.1) is 19.7 Å². The van der Waals surface area contributed by atoms with Gasteiger partial charge in [-0.25, -0.2) is 19.0 Å². The molecule has 1 aromatic carbocycles. The fourth-order valence-electron chi connectivity index (χ4n) is 4.53. The van der Waals surface area contributed by atoms with Crippen LogP contribution in [-0.4, -0.2) is 58.0 Å². The molecule has 1 aliphatic rings. The van der Waals surface area contributed by atoms with Gasteiger partial charge in [0.2, 0.25) is 5.96 Å². The van der Waals surface area contributed by atoms with E-state index in [1.54, 1.807) is 10.7 Å². The number of halogens is 1. The minimum atomic E-state index is -0.312. The number of likely N-dealkylation sites (tertiary alicyclic amines) is 1. The second-order valence-electron chi connectivity index (χ2n) is 8.91. The summed E-state index contributed by atoms with van der Waals surface area (Å²) >= 11 is 0. The number of guanidine groups is 1. The van der Waals surface area contributed by atoms with E-state index < -0.39 is 0 Å². The van der Waals surface area contributed by atoms with E-state index in [-0.39, 0.29) is 11.9 Å². The van der Waals surface area contributed by atoms with Gasteiger partial charge in [0.1, 0.15) is 11.3 Å². The largest absolute Gasteiger partial charge is 0.350 e. The quantitative estimate of drug-likeness (QED) is 0.488. The Kier molecular flexibility index (Phi) is 6.15. The Morgan fingerprint density at radius 2 is 1.97 bits per heavy atom. The maximum Gasteiger partial charge on any atom is 0.240 e. The fraction of sp³-hybridized carbons (Fsp3) is 0.458. The summed E-state index contributed by atoms with van der Waals surface area (Å²) in [7, 11) is 2.14. The average molecular weight is 438 g/mol. The molecule has 0 amide bonds. The van der Waals surface area contributed by atoms with Crippen molar-refractivity contribution in [3.8, 4) is 11.1 Å². The fourth-order valence-corrected chi connectivity index (χ4v) is 4.53. The van der Waals surface area contributed by atoms with Gasteiger partial charge in [-0.2, -0.15) is 0 Å². The first-order valence-electron chi connectivity index (χ1n) is 11.2. The van der Waals surface area contributed by atoms with E-state index in [0.717, 1.165) is 54.1 Å². The van der Waals surface area contributed by atoms with Gasteiger partial charge in [0.25, 0.3) is 0 Å². The van der Waals surface area contributed by atoms with Crippen LogP contribution in [0.15, 0.2) is 34.5 Å². The molecule has 0 spiro atoms. The number of aryl methyl sites for hydroxylation is 1. The topological polar surface area (TPSA) is 62.7 Å².